The van der Waals surface area contributed by atoms with Crippen molar-refractivity contribution >= 4 is 0 Å². The lowest BCUT2D eigenvalue weighted by atomic mass is 10.0. The van der Waals surface area contributed by atoms with Crippen molar-refractivity contribution in [3.8, 4) is 0 Å². The van der Waals surface area contributed by atoms with Gasteiger partial charge in [0.05, 0.1) is 0 Å². The summed E-state index contributed by atoms with van der Waals surface area (Å²) in [6, 6.07) is 6.68. The van der Waals surface area contributed by atoms with Crippen molar-refractivity contribution < 1.29 is 0 Å². The number of hydrogen-bond acceptors (Lipinski definition) is 3. The fourth-order valence-corrected chi connectivity index (χ4v) is 2.97. The zero-order valence-corrected chi connectivity index (χ0v) is 12.9. The van der Waals surface area contributed by atoms with Crippen LogP contribution in [0.25, 0.3) is 0 Å². The normalized spacial score (nSPS) is 18.1. The molecule has 1 aliphatic carbocycles. The Labute approximate surface area is 126 Å². The summed E-state index contributed by atoms with van der Waals surface area (Å²) >= 11 is 0. The smallest absolute Gasteiger partial charge is 0.132 e. The van der Waals surface area contributed by atoms with Crippen LogP contribution in [0.15, 0.2) is 24.4 Å². The Bertz CT molecular complexity index is 649. The van der Waals surface area contributed by atoms with E-state index in [4.69, 9.17) is 10.7 Å². The van der Waals surface area contributed by atoms with Gasteiger partial charge in [-0.15, -0.1) is 0 Å². The third kappa shape index (κ3) is 3.13. The zero-order valence-electron chi connectivity index (χ0n) is 12.9. The van der Waals surface area contributed by atoms with Gasteiger partial charge in [0.2, 0.25) is 0 Å². The van der Waals surface area contributed by atoms with Crippen molar-refractivity contribution in [2.45, 2.75) is 52.0 Å². The second-order valence-electron chi connectivity index (χ2n) is 6.14. The van der Waals surface area contributed by atoms with Gasteiger partial charge in [0.1, 0.15) is 5.82 Å². The molecule has 3 heteroatoms. The summed E-state index contributed by atoms with van der Waals surface area (Å²) in [4.78, 5) is 9.32. The first-order valence-corrected chi connectivity index (χ1v) is 7.80. The molecule has 0 radical (unpaired) electrons. The van der Waals surface area contributed by atoms with Gasteiger partial charge in [0.25, 0.3) is 0 Å². The molecular formula is C18H23N3. The third-order valence-corrected chi connectivity index (χ3v) is 4.46. The van der Waals surface area contributed by atoms with Crippen LogP contribution in [-0.2, 0) is 12.8 Å². The quantitative estimate of drug-likeness (QED) is 0.858. The Kier molecular flexibility index (Phi) is 4.02. The molecule has 0 bridgehead atoms. The van der Waals surface area contributed by atoms with Crippen LogP contribution >= 0.6 is 0 Å². The number of benzene rings is 1. The Morgan fingerprint density at radius 1 is 1.19 bits per heavy atom. The highest BCUT2D eigenvalue weighted by molar-refractivity contribution is 5.32. The van der Waals surface area contributed by atoms with Gasteiger partial charge in [-0.2, -0.15) is 0 Å². The number of aromatic nitrogens is 2. The lowest BCUT2D eigenvalue weighted by Gasteiger charge is -2.12. The largest absolute Gasteiger partial charge is 0.324 e. The van der Waals surface area contributed by atoms with Crippen LogP contribution in [-0.4, -0.2) is 9.97 Å². The molecule has 1 aliphatic rings. The van der Waals surface area contributed by atoms with Crippen molar-refractivity contribution in [3.05, 3.63) is 58.2 Å². The molecule has 3 nitrogen and oxygen atoms in total. The number of aryl methyl sites for hydroxylation is 3. The highest BCUT2D eigenvalue weighted by Gasteiger charge is 2.17. The number of nitrogens with two attached hydrogens (primary N) is 1. The van der Waals surface area contributed by atoms with Crippen molar-refractivity contribution in [2.75, 3.05) is 0 Å². The van der Waals surface area contributed by atoms with Crippen LogP contribution in [0.1, 0.15) is 59.1 Å². The SMILES string of the molecule is Cc1ccc(Cc2ncc3c(n2)CCCCC3N)cc1C. The summed E-state index contributed by atoms with van der Waals surface area (Å²) in [5.41, 5.74) is 12.4. The van der Waals surface area contributed by atoms with Crippen molar-refractivity contribution in [3.63, 3.8) is 0 Å². The van der Waals surface area contributed by atoms with E-state index < -0.39 is 0 Å². The fraction of sp³-hybridized carbons (Fsp3) is 0.444. The predicted molar refractivity (Wildman–Crippen MR) is 85.2 cm³/mol. The third-order valence-electron chi connectivity index (χ3n) is 4.46. The molecule has 0 fully saturated rings. The topological polar surface area (TPSA) is 51.8 Å². The van der Waals surface area contributed by atoms with Crippen molar-refractivity contribution in [2.24, 2.45) is 5.73 Å². The van der Waals surface area contributed by atoms with Gasteiger partial charge in [-0.05, 0) is 49.8 Å². The van der Waals surface area contributed by atoms with Crippen LogP contribution in [0.5, 0.6) is 0 Å². The summed E-state index contributed by atoms with van der Waals surface area (Å²) in [7, 11) is 0. The van der Waals surface area contributed by atoms with Gasteiger partial charge in [-0.1, -0.05) is 24.6 Å². The second-order valence-corrected chi connectivity index (χ2v) is 6.14. The summed E-state index contributed by atoms with van der Waals surface area (Å²) in [5, 5.41) is 0. The number of rotatable bonds is 2. The molecule has 1 aromatic heterocycles. The summed E-state index contributed by atoms with van der Waals surface area (Å²) in [6.07, 6.45) is 7.20. The molecule has 0 amide bonds. The molecule has 1 unspecified atom stereocenters. The van der Waals surface area contributed by atoms with Crippen molar-refractivity contribution in [1.29, 1.82) is 0 Å². The number of fused-ring (bicyclic) bond motifs is 1. The number of hydrogen-bond donors (Lipinski definition) is 1. The monoisotopic (exact) mass is 281 g/mol. The van der Waals surface area contributed by atoms with Gasteiger partial charge in [-0.25, -0.2) is 9.97 Å². The molecule has 2 aromatic rings. The molecule has 21 heavy (non-hydrogen) atoms. The summed E-state index contributed by atoms with van der Waals surface area (Å²) in [6.45, 7) is 4.29. The van der Waals surface area contributed by atoms with Crippen LogP contribution in [0.2, 0.25) is 0 Å². The van der Waals surface area contributed by atoms with Crippen LogP contribution in [0, 0.1) is 13.8 Å². The van der Waals surface area contributed by atoms with E-state index in [0.717, 1.165) is 36.3 Å². The molecule has 0 saturated carbocycles. The van der Waals surface area contributed by atoms with E-state index in [1.54, 1.807) is 0 Å². The summed E-state index contributed by atoms with van der Waals surface area (Å²) in [5.74, 6) is 0.908. The van der Waals surface area contributed by atoms with E-state index in [0.29, 0.717) is 0 Å². The van der Waals surface area contributed by atoms with E-state index in [2.05, 4.69) is 37.0 Å². The van der Waals surface area contributed by atoms with Crippen LogP contribution in [0.4, 0.5) is 0 Å². The van der Waals surface area contributed by atoms with Crippen LogP contribution in [0.3, 0.4) is 0 Å². The standard InChI is InChI=1S/C18H23N3/c1-12-7-8-14(9-13(12)2)10-18-20-11-15-16(19)5-3-4-6-17(15)21-18/h7-9,11,16H,3-6,10,19H2,1-2H3. The van der Waals surface area contributed by atoms with E-state index in [1.807, 2.05) is 6.20 Å². The molecule has 3 rings (SSSR count). The molecule has 1 heterocycles. The molecule has 2 N–H and O–H groups in total. The van der Waals surface area contributed by atoms with Crippen molar-refractivity contribution in [1.82, 2.24) is 9.97 Å². The van der Waals surface area contributed by atoms with Gasteiger partial charge in [0.15, 0.2) is 0 Å². The summed E-state index contributed by atoms with van der Waals surface area (Å²) < 4.78 is 0. The first-order valence-electron chi connectivity index (χ1n) is 7.80. The second kappa shape index (κ2) is 5.94. The predicted octanol–water partition coefficient (Wildman–Crippen LogP) is 3.41. The van der Waals surface area contributed by atoms with Gasteiger partial charge in [0, 0.05) is 29.9 Å². The maximum atomic E-state index is 6.21. The molecule has 1 aromatic carbocycles. The fourth-order valence-electron chi connectivity index (χ4n) is 2.97. The Morgan fingerprint density at radius 2 is 2.05 bits per heavy atom. The van der Waals surface area contributed by atoms with Gasteiger partial charge in [-0.3, -0.25) is 0 Å². The van der Waals surface area contributed by atoms with E-state index >= 15 is 0 Å². The van der Waals surface area contributed by atoms with E-state index in [1.165, 1.54) is 29.5 Å². The highest BCUT2D eigenvalue weighted by Crippen LogP contribution is 2.25. The maximum absolute atomic E-state index is 6.21. The number of nitrogens with zero attached hydrogens (tertiary/aromatic N) is 2. The Hall–Kier alpha value is -1.74. The van der Waals surface area contributed by atoms with Crippen LogP contribution < -0.4 is 5.73 Å². The molecule has 0 saturated heterocycles. The van der Waals surface area contributed by atoms with Gasteiger partial charge >= 0.3 is 0 Å². The first-order chi connectivity index (χ1) is 10.1. The minimum absolute atomic E-state index is 0.109. The molecular weight excluding hydrogens is 258 g/mol. The zero-order chi connectivity index (χ0) is 14.8. The molecule has 0 aliphatic heterocycles. The maximum Gasteiger partial charge on any atom is 0.132 e. The van der Waals surface area contributed by atoms with E-state index in [-0.39, 0.29) is 6.04 Å². The average molecular weight is 281 g/mol. The highest BCUT2D eigenvalue weighted by atomic mass is 14.9. The molecule has 1 atom stereocenters. The average Bonchev–Trinajstić information content (AvgIpc) is 2.65. The Morgan fingerprint density at radius 3 is 2.86 bits per heavy atom. The lowest BCUT2D eigenvalue weighted by molar-refractivity contribution is 0.614. The molecule has 0 spiro atoms. The Balaban J connectivity index is 1.86. The lowest BCUT2D eigenvalue weighted by Crippen LogP contribution is -2.13. The molecule has 110 valence electrons. The van der Waals surface area contributed by atoms with E-state index in [9.17, 15) is 0 Å². The first kappa shape index (κ1) is 14.2. The minimum Gasteiger partial charge on any atom is -0.324 e. The van der Waals surface area contributed by atoms with Gasteiger partial charge < -0.3 is 5.73 Å². The minimum atomic E-state index is 0.109.